The number of allylic oxidation sites excluding steroid dienone is 6. The van der Waals surface area contributed by atoms with E-state index in [4.69, 9.17) is 39.5 Å². The van der Waals surface area contributed by atoms with Gasteiger partial charge in [-0.1, -0.05) is 68.1 Å². The fourth-order valence-corrected chi connectivity index (χ4v) is 7.59. The van der Waals surface area contributed by atoms with Crippen LogP contribution in [0.1, 0.15) is 57.9 Å². The number of carbonyl (C=O) groups excluding carboxylic acids is 2. The molecule has 1 aromatic carbocycles. The average Bonchev–Trinajstić information content (AvgIpc) is 3.19. The number of carbonyl (C=O) groups is 2. The van der Waals surface area contributed by atoms with Gasteiger partial charge in [0.15, 0.2) is 0 Å². The van der Waals surface area contributed by atoms with Gasteiger partial charge in [-0.2, -0.15) is 0 Å². The van der Waals surface area contributed by atoms with E-state index < -0.39 is 34.5 Å². The van der Waals surface area contributed by atoms with Crippen LogP contribution in [0.5, 0.6) is 0 Å². The molecule has 1 aromatic rings. The maximum atomic E-state index is 14.3. The van der Waals surface area contributed by atoms with E-state index in [1.165, 1.54) is 6.08 Å². The highest BCUT2D eigenvalue weighted by Crippen LogP contribution is 2.55. The van der Waals surface area contributed by atoms with E-state index in [2.05, 4.69) is 24.5 Å². The Labute approximate surface area is 249 Å². The Hall–Kier alpha value is -2.28. The Bertz CT molecular complexity index is 1300. The first-order valence-electron chi connectivity index (χ1n) is 14.0. The second kappa shape index (κ2) is 11.9. The minimum atomic E-state index is -1.20. The van der Waals surface area contributed by atoms with Crippen LogP contribution >= 0.6 is 34.8 Å². The number of amides is 2. The SMILES string of the molecule is CCCC(CCC)OC1=CC(C2NC(=O)C[C@@H](C3C=CC(F)=C(Cl)C3)[C@]23C(=O)Nc2cc(Cl)ccc23)C(Cl)C=C1. The lowest BCUT2D eigenvalue weighted by atomic mass is 9.55. The van der Waals surface area contributed by atoms with E-state index in [0.29, 0.717) is 16.5 Å². The molecule has 0 aromatic heterocycles. The minimum absolute atomic E-state index is 0.0647. The minimum Gasteiger partial charge on any atom is -0.491 e. The van der Waals surface area contributed by atoms with Crippen LogP contribution in [0.4, 0.5) is 10.1 Å². The van der Waals surface area contributed by atoms with Gasteiger partial charge in [0.25, 0.3) is 0 Å². The van der Waals surface area contributed by atoms with Crippen LogP contribution in [0, 0.1) is 17.8 Å². The Kier molecular flexibility index (Phi) is 8.70. The summed E-state index contributed by atoms with van der Waals surface area (Å²) in [6, 6.07) is 4.62. The van der Waals surface area contributed by atoms with Crippen LogP contribution < -0.4 is 10.6 Å². The lowest BCUT2D eigenvalue weighted by molar-refractivity contribution is -0.135. The van der Waals surface area contributed by atoms with Crippen LogP contribution in [0.2, 0.25) is 5.02 Å². The Morgan fingerprint density at radius 3 is 2.55 bits per heavy atom. The third kappa shape index (κ3) is 5.23. The molecular weight excluding hydrogens is 574 g/mol. The van der Waals surface area contributed by atoms with Gasteiger partial charge < -0.3 is 15.4 Å². The van der Waals surface area contributed by atoms with Crippen molar-refractivity contribution in [2.24, 2.45) is 17.8 Å². The molecule has 1 saturated heterocycles. The van der Waals surface area contributed by atoms with Crippen molar-refractivity contribution in [3.8, 4) is 0 Å². The van der Waals surface area contributed by atoms with Gasteiger partial charge in [0.1, 0.15) is 17.0 Å². The number of hydrogen-bond donors (Lipinski definition) is 2. The van der Waals surface area contributed by atoms with E-state index in [1.54, 1.807) is 18.2 Å². The van der Waals surface area contributed by atoms with Crippen LogP contribution in [-0.2, 0) is 19.7 Å². The zero-order chi connectivity index (χ0) is 28.6. The molecule has 0 bridgehead atoms. The van der Waals surface area contributed by atoms with E-state index in [9.17, 15) is 14.0 Å². The lowest BCUT2D eigenvalue weighted by Gasteiger charge is -2.51. The molecule has 9 heteroatoms. The molecule has 2 N–H and O–H groups in total. The highest BCUT2D eigenvalue weighted by molar-refractivity contribution is 6.31. The molecule has 1 fully saturated rings. The van der Waals surface area contributed by atoms with Gasteiger partial charge in [0, 0.05) is 23.0 Å². The second-order valence-corrected chi connectivity index (χ2v) is 12.5. The number of rotatable bonds is 8. The lowest BCUT2D eigenvalue weighted by Crippen LogP contribution is -2.67. The molecule has 5 nitrogen and oxygen atoms in total. The summed E-state index contributed by atoms with van der Waals surface area (Å²) < 4.78 is 20.6. The van der Waals surface area contributed by atoms with E-state index in [-0.39, 0.29) is 41.7 Å². The largest absolute Gasteiger partial charge is 0.491 e. The van der Waals surface area contributed by atoms with Gasteiger partial charge in [0.2, 0.25) is 11.8 Å². The summed E-state index contributed by atoms with van der Waals surface area (Å²) in [4.78, 5) is 27.6. The van der Waals surface area contributed by atoms with Gasteiger partial charge in [-0.25, -0.2) is 4.39 Å². The Morgan fingerprint density at radius 2 is 1.85 bits per heavy atom. The van der Waals surface area contributed by atoms with Gasteiger partial charge in [0.05, 0.1) is 22.6 Å². The summed E-state index contributed by atoms with van der Waals surface area (Å²) in [6.45, 7) is 4.26. The third-order valence-corrected chi connectivity index (χ3v) is 9.61. The summed E-state index contributed by atoms with van der Waals surface area (Å²) in [5.74, 6) is -1.57. The molecule has 214 valence electrons. The summed E-state index contributed by atoms with van der Waals surface area (Å²) in [5.41, 5.74) is 0.130. The van der Waals surface area contributed by atoms with Crippen molar-refractivity contribution in [1.82, 2.24) is 5.32 Å². The topological polar surface area (TPSA) is 67.4 Å². The molecule has 4 aliphatic rings. The monoisotopic (exact) mass is 606 g/mol. The fraction of sp³-hybridized carbons (Fsp3) is 0.484. The molecule has 6 atom stereocenters. The summed E-state index contributed by atoms with van der Waals surface area (Å²) >= 11 is 19.5. The molecule has 40 heavy (non-hydrogen) atoms. The summed E-state index contributed by atoms with van der Waals surface area (Å²) in [6.07, 6.45) is 12.9. The number of piperidine rings is 1. The quantitative estimate of drug-likeness (QED) is 0.298. The summed E-state index contributed by atoms with van der Waals surface area (Å²) in [7, 11) is 0. The van der Waals surface area contributed by atoms with E-state index >= 15 is 0 Å². The highest BCUT2D eigenvalue weighted by Gasteiger charge is 2.63. The number of anilines is 1. The number of fused-ring (bicyclic) bond motifs is 2. The normalized spacial score (nSPS) is 31.4. The van der Waals surface area contributed by atoms with Crippen molar-refractivity contribution in [2.45, 2.75) is 75.3 Å². The molecule has 0 saturated carbocycles. The van der Waals surface area contributed by atoms with Crippen molar-refractivity contribution in [1.29, 1.82) is 0 Å². The number of nitrogens with one attached hydrogen (secondary N) is 2. The van der Waals surface area contributed by atoms with Crippen molar-refractivity contribution in [3.63, 3.8) is 0 Å². The van der Waals surface area contributed by atoms with Crippen LogP contribution in [-0.4, -0.2) is 29.3 Å². The number of halogens is 4. The number of benzene rings is 1. The fourth-order valence-electron chi connectivity index (χ4n) is 6.89. The van der Waals surface area contributed by atoms with Crippen molar-refractivity contribution in [3.05, 3.63) is 75.8 Å². The van der Waals surface area contributed by atoms with E-state index in [0.717, 1.165) is 31.2 Å². The predicted octanol–water partition coefficient (Wildman–Crippen LogP) is 7.69. The highest BCUT2D eigenvalue weighted by atomic mass is 35.5. The number of alkyl halides is 1. The van der Waals surface area contributed by atoms with Crippen molar-refractivity contribution >= 4 is 52.3 Å². The maximum Gasteiger partial charge on any atom is 0.237 e. The standard InChI is InChI=1S/C31H34Cl3FN2O3/c1-3-5-19(6-4-2)40-20-9-11-24(33)21(15-20)29-31(22-10-8-18(32)14-27(22)36-30(31)39)23(16-28(38)37-29)17-7-12-26(35)25(34)13-17/h7-12,14-15,17,19,21,23-24,29H,3-6,13,16H2,1-2H3,(H,36,39)(H,37,38)/t17?,21?,23-,24?,29?,31-/m0/s1. The molecule has 2 aliphatic carbocycles. The van der Waals surface area contributed by atoms with Crippen molar-refractivity contribution < 1.29 is 18.7 Å². The summed E-state index contributed by atoms with van der Waals surface area (Å²) in [5, 5.41) is 6.26. The zero-order valence-corrected chi connectivity index (χ0v) is 24.8. The third-order valence-electron chi connectivity index (χ3n) is 8.61. The van der Waals surface area contributed by atoms with Gasteiger partial charge in [-0.15, -0.1) is 11.6 Å². The first-order chi connectivity index (χ1) is 19.2. The van der Waals surface area contributed by atoms with Gasteiger partial charge in [-0.05, 0) is 67.0 Å². The maximum absolute atomic E-state index is 14.3. The van der Waals surface area contributed by atoms with Crippen LogP contribution in [0.15, 0.2) is 65.2 Å². The molecule has 5 rings (SSSR count). The molecule has 1 spiro atoms. The van der Waals surface area contributed by atoms with E-state index in [1.807, 2.05) is 24.3 Å². The van der Waals surface area contributed by atoms with Gasteiger partial charge >= 0.3 is 0 Å². The second-order valence-electron chi connectivity index (χ2n) is 11.1. The molecule has 2 amide bonds. The van der Waals surface area contributed by atoms with Crippen LogP contribution in [0.25, 0.3) is 0 Å². The number of hydrogen-bond acceptors (Lipinski definition) is 3. The molecule has 2 heterocycles. The zero-order valence-electron chi connectivity index (χ0n) is 22.6. The Balaban J connectivity index is 1.62. The molecule has 4 unspecified atom stereocenters. The first-order valence-corrected chi connectivity index (χ1v) is 15.2. The molecular formula is C31H34Cl3FN2O3. The van der Waals surface area contributed by atoms with Crippen molar-refractivity contribution in [2.75, 3.05) is 5.32 Å². The Morgan fingerprint density at radius 1 is 1.10 bits per heavy atom. The van der Waals surface area contributed by atoms with Crippen LogP contribution in [0.3, 0.4) is 0 Å². The molecule has 2 aliphatic heterocycles. The van der Waals surface area contributed by atoms with Gasteiger partial charge in [-0.3, -0.25) is 9.59 Å². The smallest absolute Gasteiger partial charge is 0.237 e. The predicted molar refractivity (Wildman–Crippen MR) is 158 cm³/mol. The number of ether oxygens (including phenoxy) is 1. The average molecular weight is 608 g/mol. The first kappa shape index (κ1) is 29.2. The molecule has 0 radical (unpaired) electrons.